The molecule has 164 valence electrons. The molecule has 2 unspecified atom stereocenters. The van der Waals surface area contributed by atoms with Gasteiger partial charge in [0.05, 0.1) is 11.1 Å². The van der Waals surface area contributed by atoms with Crippen LogP contribution < -0.4 is 5.32 Å². The predicted molar refractivity (Wildman–Crippen MR) is 109 cm³/mol. The van der Waals surface area contributed by atoms with Gasteiger partial charge in [0.1, 0.15) is 22.7 Å². The van der Waals surface area contributed by atoms with Crippen LogP contribution in [0, 0.1) is 11.6 Å². The minimum Gasteiger partial charge on any atom is -0.390 e. The number of alkyl halides is 1. The molecule has 2 atom stereocenters. The molecular weight excluding hydrogens is 441 g/mol. The van der Waals surface area contributed by atoms with Gasteiger partial charge in [-0.2, -0.15) is 4.31 Å². The van der Waals surface area contributed by atoms with Crippen molar-refractivity contribution in [2.75, 3.05) is 18.4 Å². The standard InChI is InChI=1S/C20H22ClF3N2O3S/c21-15-11-14(4-6-16(15)22)25-12-13-3-5-18(24)20(10-13)30(28,29)26-8-1-2-19(27)17(23)7-9-26/h3-6,10-11,17,19,25,27H,1-2,7-9,12H2. The highest BCUT2D eigenvalue weighted by Crippen LogP contribution is 2.25. The van der Waals surface area contributed by atoms with Gasteiger partial charge in [0.15, 0.2) is 0 Å². The van der Waals surface area contributed by atoms with Crippen LogP contribution in [-0.2, 0) is 16.6 Å². The van der Waals surface area contributed by atoms with Crippen molar-refractivity contribution in [1.82, 2.24) is 4.31 Å². The largest absolute Gasteiger partial charge is 0.390 e. The molecule has 1 fully saturated rings. The summed E-state index contributed by atoms with van der Waals surface area (Å²) in [4.78, 5) is -0.490. The first-order chi connectivity index (χ1) is 14.2. The summed E-state index contributed by atoms with van der Waals surface area (Å²) >= 11 is 5.74. The van der Waals surface area contributed by atoms with E-state index >= 15 is 0 Å². The molecule has 1 saturated heterocycles. The van der Waals surface area contributed by atoms with Crippen molar-refractivity contribution in [1.29, 1.82) is 0 Å². The molecule has 0 spiro atoms. The quantitative estimate of drug-likeness (QED) is 0.701. The molecule has 0 aromatic heterocycles. The van der Waals surface area contributed by atoms with Crippen molar-refractivity contribution in [3.8, 4) is 0 Å². The molecular formula is C20H22ClF3N2O3S. The first-order valence-electron chi connectivity index (χ1n) is 9.48. The van der Waals surface area contributed by atoms with E-state index in [0.717, 1.165) is 10.4 Å². The highest BCUT2D eigenvalue weighted by atomic mass is 35.5. The first kappa shape index (κ1) is 22.9. The first-order valence-corrected chi connectivity index (χ1v) is 11.3. The number of nitrogens with zero attached hydrogens (tertiary/aromatic N) is 1. The lowest BCUT2D eigenvalue weighted by atomic mass is 10.1. The smallest absolute Gasteiger partial charge is 0.245 e. The van der Waals surface area contributed by atoms with Crippen LogP contribution in [0.25, 0.3) is 0 Å². The summed E-state index contributed by atoms with van der Waals surface area (Å²) in [5.41, 5.74) is 1.01. The number of hydrogen-bond donors (Lipinski definition) is 2. The van der Waals surface area contributed by atoms with Gasteiger partial charge >= 0.3 is 0 Å². The molecule has 0 aliphatic carbocycles. The summed E-state index contributed by atoms with van der Waals surface area (Å²) in [6.45, 7) is 0.0855. The molecule has 2 aromatic carbocycles. The van der Waals surface area contributed by atoms with Gasteiger partial charge in [-0.25, -0.2) is 21.6 Å². The van der Waals surface area contributed by atoms with Crippen molar-refractivity contribution < 1.29 is 26.7 Å². The molecule has 5 nitrogen and oxygen atoms in total. The van der Waals surface area contributed by atoms with E-state index in [-0.39, 0.29) is 43.9 Å². The highest BCUT2D eigenvalue weighted by molar-refractivity contribution is 7.89. The van der Waals surface area contributed by atoms with Crippen molar-refractivity contribution in [3.05, 3.63) is 58.6 Å². The average Bonchev–Trinajstić information content (AvgIpc) is 2.70. The molecule has 1 aliphatic heterocycles. The lowest BCUT2D eigenvalue weighted by Crippen LogP contribution is -2.39. The second kappa shape index (κ2) is 9.55. The fourth-order valence-corrected chi connectivity index (χ4v) is 5.06. The zero-order chi connectivity index (χ0) is 21.9. The van der Waals surface area contributed by atoms with Crippen LogP contribution in [0.15, 0.2) is 41.3 Å². The van der Waals surface area contributed by atoms with E-state index < -0.39 is 38.8 Å². The molecule has 0 amide bonds. The zero-order valence-electron chi connectivity index (χ0n) is 16.0. The maximum Gasteiger partial charge on any atom is 0.245 e. The maximum atomic E-state index is 14.4. The van der Waals surface area contributed by atoms with Crippen molar-refractivity contribution >= 4 is 27.3 Å². The van der Waals surface area contributed by atoms with Crippen LogP contribution in [0.3, 0.4) is 0 Å². The predicted octanol–water partition coefficient (Wildman–Crippen LogP) is 4.10. The Balaban J connectivity index is 1.78. The number of halogens is 4. The topological polar surface area (TPSA) is 69.6 Å². The minimum atomic E-state index is -4.18. The third-order valence-electron chi connectivity index (χ3n) is 5.01. The van der Waals surface area contributed by atoms with E-state index in [4.69, 9.17) is 11.6 Å². The van der Waals surface area contributed by atoms with Crippen molar-refractivity contribution in [2.45, 2.75) is 43.0 Å². The van der Waals surface area contributed by atoms with E-state index in [9.17, 15) is 26.7 Å². The van der Waals surface area contributed by atoms with Gasteiger partial charge in [-0.05, 0) is 55.2 Å². The highest BCUT2D eigenvalue weighted by Gasteiger charge is 2.31. The van der Waals surface area contributed by atoms with Crippen LogP contribution in [0.5, 0.6) is 0 Å². The Kier molecular flexibility index (Phi) is 7.28. The van der Waals surface area contributed by atoms with E-state index in [1.54, 1.807) is 0 Å². The third-order valence-corrected chi connectivity index (χ3v) is 7.21. The van der Waals surface area contributed by atoms with Gasteiger partial charge in [0.25, 0.3) is 0 Å². The van der Waals surface area contributed by atoms with E-state index in [2.05, 4.69) is 5.32 Å². The molecule has 30 heavy (non-hydrogen) atoms. The van der Waals surface area contributed by atoms with E-state index in [1.165, 1.54) is 30.3 Å². The van der Waals surface area contributed by atoms with Gasteiger partial charge in [-0.3, -0.25) is 0 Å². The van der Waals surface area contributed by atoms with Gasteiger partial charge in [0, 0.05) is 25.3 Å². The monoisotopic (exact) mass is 462 g/mol. The SMILES string of the molecule is O=S(=O)(c1cc(CNc2ccc(F)c(Cl)c2)ccc1F)N1CCCC(O)C(F)CC1. The Hall–Kier alpha value is -1.81. The number of nitrogens with one attached hydrogen (secondary N) is 1. The fourth-order valence-electron chi connectivity index (χ4n) is 3.27. The molecule has 3 rings (SSSR count). The van der Waals surface area contributed by atoms with Crippen LogP contribution in [-0.4, -0.2) is 43.2 Å². The molecule has 0 radical (unpaired) electrons. The number of rotatable bonds is 5. The van der Waals surface area contributed by atoms with E-state index in [0.29, 0.717) is 11.3 Å². The molecule has 1 aliphatic rings. The average molecular weight is 463 g/mol. The molecule has 10 heteroatoms. The van der Waals surface area contributed by atoms with E-state index in [1.807, 2.05) is 0 Å². The summed E-state index contributed by atoms with van der Waals surface area (Å²) in [5, 5.41) is 12.5. The number of aliphatic hydroxyl groups is 1. The van der Waals surface area contributed by atoms with Crippen molar-refractivity contribution in [3.63, 3.8) is 0 Å². The number of anilines is 1. The van der Waals surface area contributed by atoms with Gasteiger partial charge in [-0.15, -0.1) is 0 Å². The molecule has 0 saturated carbocycles. The molecule has 1 heterocycles. The van der Waals surface area contributed by atoms with Gasteiger partial charge in [0.2, 0.25) is 10.0 Å². The summed E-state index contributed by atoms with van der Waals surface area (Å²) in [5.74, 6) is -1.46. The Bertz CT molecular complexity index is 1010. The number of sulfonamides is 1. The van der Waals surface area contributed by atoms with Crippen LogP contribution in [0.2, 0.25) is 5.02 Å². The summed E-state index contributed by atoms with van der Waals surface area (Å²) in [7, 11) is -4.18. The van der Waals surface area contributed by atoms with Gasteiger partial charge in [-0.1, -0.05) is 17.7 Å². The normalized spacial score (nSPS) is 21.1. The maximum absolute atomic E-state index is 14.4. The Morgan fingerprint density at radius 3 is 2.57 bits per heavy atom. The zero-order valence-corrected chi connectivity index (χ0v) is 17.6. The number of aliphatic hydroxyl groups excluding tert-OH is 1. The fraction of sp³-hybridized carbons (Fsp3) is 0.400. The number of benzene rings is 2. The van der Waals surface area contributed by atoms with Crippen LogP contribution in [0.1, 0.15) is 24.8 Å². The Morgan fingerprint density at radius 2 is 1.83 bits per heavy atom. The number of hydrogen-bond acceptors (Lipinski definition) is 4. The molecule has 2 N–H and O–H groups in total. The van der Waals surface area contributed by atoms with Crippen LogP contribution in [0.4, 0.5) is 18.9 Å². The Morgan fingerprint density at radius 1 is 1.10 bits per heavy atom. The molecule has 2 aromatic rings. The van der Waals surface area contributed by atoms with Crippen LogP contribution >= 0.6 is 11.6 Å². The summed E-state index contributed by atoms with van der Waals surface area (Å²) in [6.07, 6.45) is -2.38. The Labute approximate surface area is 178 Å². The second-order valence-electron chi connectivity index (χ2n) is 7.17. The summed E-state index contributed by atoms with van der Waals surface area (Å²) < 4.78 is 68.6. The third kappa shape index (κ3) is 5.26. The van der Waals surface area contributed by atoms with Gasteiger partial charge < -0.3 is 10.4 Å². The second-order valence-corrected chi connectivity index (χ2v) is 9.48. The lowest BCUT2D eigenvalue weighted by molar-refractivity contribution is 0.0525. The summed E-state index contributed by atoms with van der Waals surface area (Å²) in [6, 6.07) is 7.79. The minimum absolute atomic E-state index is 0.0595. The molecule has 0 bridgehead atoms. The lowest BCUT2D eigenvalue weighted by Gasteiger charge is -2.27. The van der Waals surface area contributed by atoms with Crippen molar-refractivity contribution in [2.24, 2.45) is 0 Å².